The molecule has 3 rings (SSSR count). The van der Waals surface area contributed by atoms with Crippen molar-refractivity contribution in [3.05, 3.63) is 60.4 Å². The van der Waals surface area contributed by atoms with E-state index in [4.69, 9.17) is 0 Å². The Labute approximate surface area is 172 Å². The molecule has 0 aliphatic rings. The number of nitrogens with zero attached hydrogens (tertiary/aromatic N) is 3. The summed E-state index contributed by atoms with van der Waals surface area (Å²) in [7, 11) is 0. The molecule has 0 unspecified atom stereocenters. The molecule has 3 N–H and O–H groups in total. The van der Waals surface area contributed by atoms with Crippen LogP contribution in [0.15, 0.2) is 54.9 Å². The Balaban J connectivity index is 1.98. The molecule has 30 heavy (non-hydrogen) atoms. The molecule has 0 aliphatic heterocycles. The molecule has 0 radical (unpaired) electrons. The summed E-state index contributed by atoms with van der Waals surface area (Å²) in [4.78, 5) is 12.9. The summed E-state index contributed by atoms with van der Waals surface area (Å²) in [6.07, 6.45) is -1.18. The molecule has 6 nitrogen and oxygen atoms in total. The van der Waals surface area contributed by atoms with E-state index >= 15 is 0 Å². The quantitative estimate of drug-likeness (QED) is 0.516. The fourth-order valence-electron chi connectivity index (χ4n) is 2.75. The van der Waals surface area contributed by atoms with Gasteiger partial charge in [0.05, 0.1) is 23.9 Å². The average molecular weight is 417 g/mol. The van der Waals surface area contributed by atoms with Gasteiger partial charge in [0, 0.05) is 29.7 Å². The standard InChI is InChI=1S/C21H22F3N5O/c1-13(2)18(12-30)28-20-27-17(14-5-4-8-25-11-14)10-19(29-20)26-16-7-3-6-15(9-16)21(22,23)24/h3-11,13,18,30H,12H2,1-2H3,(H2,26,27,28,29)/t18-/m0/s1. The van der Waals surface area contributed by atoms with Crippen LogP contribution in [0.1, 0.15) is 19.4 Å². The molecule has 1 atom stereocenters. The van der Waals surface area contributed by atoms with E-state index in [0.717, 1.165) is 17.7 Å². The Morgan fingerprint density at radius 1 is 1.07 bits per heavy atom. The van der Waals surface area contributed by atoms with Gasteiger partial charge in [-0.1, -0.05) is 19.9 Å². The average Bonchev–Trinajstić information content (AvgIpc) is 2.72. The number of halogens is 3. The minimum atomic E-state index is -4.44. The first-order chi connectivity index (χ1) is 14.3. The number of benzene rings is 1. The highest BCUT2D eigenvalue weighted by Gasteiger charge is 2.30. The van der Waals surface area contributed by atoms with Crippen LogP contribution in [-0.4, -0.2) is 32.7 Å². The molecule has 0 aliphatic carbocycles. The highest BCUT2D eigenvalue weighted by atomic mass is 19.4. The summed E-state index contributed by atoms with van der Waals surface area (Å²) in [6, 6.07) is 9.81. The van der Waals surface area contributed by atoms with Crippen molar-refractivity contribution in [1.29, 1.82) is 0 Å². The van der Waals surface area contributed by atoms with Crippen LogP contribution < -0.4 is 10.6 Å². The van der Waals surface area contributed by atoms with E-state index < -0.39 is 11.7 Å². The number of hydrogen-bond donors (Lipinski definition) is 3. The summed E-state index contributed by atoms with van der Waals surface area (Å²) in [6.45, 7) is 3.77. The third-order valence-electron chi connectivity index (χ3n) is 4.46. The second kappa shape index (κ2) is 9.08. The SMILES string of the molecule is CC(C)[C@H](CO)Nc1nc(Nc2cccc(C(F)(F)F)c2)cc(-c2cccnc2)n1. The van der Waals surface area contributed by atoms with Crippen LogP contribution >= 0.6 is 0 Å². The van der Waals surface area contributed by atoms with Crippen LogP contribution in [0, 0.1) is 5.92 Å². The Kier molecular flexibility index (Phi) is 6.51. The van der Waals surface area contributed by atoms with Crippen LogP contribution in [0.4, 0.5) is 30.6 Å². The first-order valence-corrected chi connectivity index (χ1v) is 9.37. The van der Waals surface area contributed by atoms with Gasteiger partial charge in [-0.25, -0.2) is 4.98 Å². The lowest BCUT2D eigenvalue weighted by Gasteiger charge is -2.20. The summed E-state index contributed by atoms with van der Waals surface area (Å²) < 4.78 is 39.1. The van der Waals surface area contributed by atoms with Crippen LogP contribution in [0.25, 0.3) is 11.3 Å². The van der Waals surface area contributed by atoms with Gasteiger partial charge in [-0.05, 0) is 36.2 Å². The molecule has 0 spiro atoms. The van der Waals surface area contributed by atoms with E-state index in [1.54, 1.807) is 24.5 Å². The second-order valence-electron chi connectivity index (χ2n) is 7.08. The van der Waals surface area contributed by atoms with Crippen molar-refractivity contribution in [2.24, 2.45) is 5.92 Å². The molecule has 0 fully saturated rings. The third-order valence-corrected chi connectivity index (χ3v) is 4.46. The van der Waals surface area contributed by atoms with E-state index in [1.807, 2.05) is 19.9 Å². The van der Waals surface area contributed by atoms with Gasteiger partial charge in [-0.2, -0.15) is 18.2 Å². The highest BCUT2D eigenvalue weighted by molar-refractivity contribution is 5.67. The van der Waals surface area contributed by atoms with Crippen LogP contribution in [-0.2, 0) is 6.18 Å². The van der Waals surface area contributed by atoms with Gasteiger partial charge in [0.15, 0.2) is 0 Å². The van der Waals surface area contributed by atoms with Crippen molar-refractivity contribution in [2.75, 3.05) is 17.2 Å². The number of aromatic nitrogens is 3. The molecular weight excluding hydrogens is 395 g/mol. The lowest BCUT2D eigenvalue weighted by Crippen LogP contribution is -2.30. The van der Waals surface area contributed by atoms with Crippen molar-refractivity contribution in [1.82, 2.24) is 15.0 Å². The van der Waals surface area contributed by atoms with Crippen molar-refractivity contribution >= 4 is 17.5 Å². The molecule has 0 saturated carbocycles. The van der Waals surface area contributed by atoms with E-state index in [9.17, 15) is 18.3 Å². The fourth-order valence-corrected chi connectivity index (χ4v) is 2.75. The molecular formula is C21H22F3N5O. The molecule has 1 aromatic carbocycles. The van der Waals surface area contributed by atoms with Crippen LogP contribution in [0.2, 0.25) is 0 Å². The topological polar surface area (TPSA) is 83.0 Å². The highest BCUT2D eigenvalue weighted by Crippen LogP contribution is 2.31. The summed E-state index contributed by atoms with van der Waals surface area (Å²) >= 11 is 0. The van der Waals surface area contributed by atoms with Gasteiger partial charge in [0.2, 0.25) is 5.95 Å². The van der Waals surface area contributed by atoms with E-state index in [2.05, 4.69) is 25.6 Å². The van der Waals surface area contributed by atoms with Gasteiger partial charge in [-0.15, -0.1) is 0 Å². The zero-order chi connectivity index (χ0) is 21.7. The van der Waals surface area contributed by atoms with E-state index in [-0.39, 0.29) is 30.2 Å². The van der Waals surface area contributed by atoms with Crippen molar-refractivity contribution < 1.29 is 18.3 Å². The van der Waals surface area contributed by atoms with Crippen molar-refractivity contribution in [3.63, 3.8) is 0 Å². The molecule has 2 aromatic heterocycles. The predicted octanol–water partition coefficient (Wildman–Crippen LogP) is 4.73. The number of pyridine rings is 1. The third kappa shape index (κ3) is 5.44. The Bertz CT molecular complexity index is 980. The molecule has 2 heterocycles. The molecule has 0 saturated heterocycles. The van der Waals surface area contributed by atoms with Gasteiger partial charge >= 0.3 is 6.18 Å². The number of hydrogen-bond acceptors (Lipinski definition) is 6. The Hall–Kier alpha value is -3.20. The molecule has 3 aromatic rings. The van der Waals surface area contributed by atoms with Crippen LogP contribution in [0.5, 0.6) is 0 Å². The monoisotopic (exact) mass is 417 g/mol. The van der Waals surface area contributed by atoms with Crippen molar-refractivity contribution in [3.8, 4) is 11.3 Å². The van der Waals surface area contributed by atoms with Gasteiger partial charge in [0.25, 0.3) is 0 Å². The number of aliphatic hydroxyl groups excluding tert-OH is 1. The fraction of sp³-hybridized carbons (Fsp3) is 0.286. The van der Waals surface area contributed by atoms with Gasteiger partial charge in [-0.3, -0.25) is 4.98 Å². The second-order valence-corrected chi connectivity index (χ2v) is 7.08. The van der Waals surface area contributed by atoms with Crippen molar-refractivity contribution in [2.45, 2.75) is 26.1 Å². The number of anilines is 3. The van der Waals surface area contributed by atoms with Crippen LogP contribution in [0.3, 0.4) is 0 Å². The molecule has 0 amide bonds. The lowest BCUT2D eigenvalue weighted by atomic mass is 10.1. The molecule has 158 valence electrons. The Morgan fingerprint density at radius 3 is 2.50 bits per heavy atom. The number of nitrogens with one attached hydrogen (secondary N) is 2. The summed E-state index contributed by atoms with van der Waals surface area (Å²) in [5.74, 6) is 0.672. The zero-order valence-electron chi connectivity index (χ0n) is 16.5. The minimum Gasteiger partial charge on any atom is -0.394 e. The number of alkyl halides is 3. The van der Waals surface area contributed by atoms with E-state index in [1.165, 1.54) is 12.1 Å². The lowest BCUT2D eigenvalue weighted by molar-refractivity contribution is -0.137. The first-order valence-electron chi connectivity index (χ1n) is 9.37. The molecule has 0 bridgehead atoms. The molecule has 9 heteroatoms. The maximum Gasteiger partial charge on any atom is 0.416 e. The maximum absolute atomic E-state index is 13.0. The zero-order valence-corrected chi connectivity index (χ0v) is 16.5. The predicted molar refractivity (Wildman–Crippen MR) is 109 cm³/mol. The first kappa shape index (κ1) is 21.5. The van der Waals surface area contributed by atoms with E-state index in [0.29, 0.717) is 11.5 Å². The Morgan fingerprint density at radius 2 is 1.87 bits per heavy atom. The number of aliphatic hydroxyl groups is 1. The summed E-state index contributed by atoms with van der Waals surface area (Å²) in [5.41, 5.74) is 0.748. The maximum atomic E-state index is 13.0. The van der Waals surface area contributed by atoms with Gasteiger partial charge < -0.3 is 15.7 Å². The minimum absolute atomic E-state index is 0.112. The smallest absolute Gasteiger partial charge is 0.394 e. The largest absolute Gasteiger partial charge is 0.416 e. The number of rotatable bonds is 7. The normalized spacial score (nSPS) is 12.6. The summed E-state index contributed by atoms with van der Waals surface area (Å²) in [5, 5.41) is 15.6. The van der Waals surface area contributed by atoms with Gasteiger partial charge in [0.1, 0.15) is 5.82 Å².